The molecule has 0 N–H and O–H groups in total. The van der Waals surface area contributed by atoms with E-state index in [9.17, 15) is 0 Å². The van der Waals surface area contributed by atoms with Gasteiger partial charge in [0, 0.05) is 37.3 Å². The first-order valence-electron chi connectivity index (χ1n) is 10.6. The summed E-state index contributed by atoms with van der Waals surface area (Å²) >= 11 is 3.71. The quantitative estimate of drug-likeness (QED) is 0.250. The molecule has 0 bridgehead atoms. The summed E-state index contributed by atoms with van der Waals surface area (Å²) in [6.45, 7) is 9.11. The van der Waals surface area contributed by atoms with Gasteiger partial charge in [-0.25, -0.2) is 0 Å². The molecule has 0 amide bonds. The highest BCUT2D eigenvalue weighted by Gasteiger charge is 2.20. The van der Waals surface area contributed by atoms with Crippen LogP contribution in [0.1, 0.15) is 31.9 Å². The van der Waals surface area contributed by atoms with Crippen molar-refractivity contribution in [3.63, 3.8) is 0 Å². The standard InChI is InChI=1S/C28H23NS2/c1-16-15-30-22-9-10-23-25(24(16)22)20-11-12-29-26(27(20)31-23)18-13-17-7-5-6-8-19(17)21(14-18)28(2,3)4/h5-15H,1-4H3. The number of rotatable bonds is 1. The number of hydrogen-bond donors (Lipinski definition) is 0. The normalized spacial score (nSPS) is 12.5. The summed E-state index contributed by atoms with van der Waals surface area (Å²) < 4.78 is 3.99. The fraction of sp³-hybridized carbons (Fsp3) is 0.179. The molecular weight excluding hydrogens is 414 g/mol. The zero-order chi connectivity index (χ0) is 21.3. The summed E-state index contributed by atoms with van der Waals surface area (Å²) in [5, 5.41) is 8.99. The van der Waals surface area contributed by atoms with E-state index in [0.717, 1.165) is 5.69 Å². The molecule has 31 heavy (non-hydrogen) atoms. The van der Waals surface area contributed by atoms with Gasteiger partial charge in [-0.2, -0.15) is 0 Å². The van der Waals surface area contributed by atoms with Crippen molar-refractivity contribution < 1.29 is 0 Å². The number of thiophene rings is 2. The molecule has 0 unspecified atom stereocenters. The van der Waals surface area contributed by atoms with Crippen molar-refractivity contribution in [3.8, 4) is 11.3 Å². The summed E-state index contributed by atoms with van der Waals surface area (Å²) in [7, 11) is 0. The SMILES string of the molecule is Cc1csc2ccc3sc4c(-c5cc(C(C)(C)C)c6ccccc6c5)nccc4c3c12. The Morgan fingerprint density at radius 3 is 2.48 bits per heavy atom. The molecule has 3 aromatic carbocycles. The van der Waals surface area contributed by atoms with Gasteiger partial charge < -0.3 is 0 Å². The van der Waals surface area contributed by atoms with Crippen LogP contribution in [-0.2, 0) is 5.41 Å². The Hall–Kier alpha value is -2.75. The maximum atomic E-state index is 4.91. The Kier molecular flexibility index (Phi) is 4.05. The van der Waals surface area contributed by atoms with E-state index in [0.29, 0.717) is 0 Å². The van der Waals surface area contributed by atoms with Crippen LogP contribution in [0, 0.1) is 6.92 Å². The monoisotopic (exact) mass is 437 g/mol. The van der Waals surface area contributed by atoms with Crippen molar-refractivity contribution in [2.24, 2.45) is 0 Å². The van der Waals surface area contributed by atoms with Crippen LogP contribution in [-0.4, -0.2) is 4.98 Å². The van der Waals surface area contributed by atoms with Gasteiger partial charge in [0.05, 0.1) is 10.4 Å². The average Bonchev–Trinajstić information content (AvgIpc) is 3.32. The molecule has 1 nitrogen and oxygen atoms in total. The highest BCUT2D eigenvalue weighted by Crippen LogP contribution is 2.45. The summed E-state index contributed by atoms with van der Waals surface area (Å²) in [6, 6.07) is 20.1. The molecule has 152 valence electrons. The zero-order valence-electron chi connectivity index (χ0n) is 18.1. The van der Waals surface area contributed by atoms with Crippen LogP contribution >= 0.6 is 22.7 Å². The fourth-order valence-corrected chi connectivity index (χ4v) is 6.92. The minimum atomic E-state index is 0.0592. The van der Waals surface area contributed by atoms with E-state index in [-0.39, 0.29) is 5.41 Å². The van der Waals surface area contributed by atoms with E-state index in [1.165, 1.54) is 57.7 Å². The van der Waals surface area contributed by atoms with E-state index < -0.39 is 0 Å². The lowest BCUT2D eigenvalue weighted by molar-refractivity contribution is 0.596. The van der Waals surface area contributed by atoms with Gasteiger partial charge in [-0.1, -0.05) is 45.0 Å². The number of pyridine rings is 1. The molecule has 6 aromatic rings. The zero-order valence-corrected chi connectivity index (χ0v) is 19.7. The van der Waals surface area contributed by atoms with Crippen LogP contribution in [0.15, 0.2) is 66.2 Å². The highest BCUT2D eigenvalue weighted by atomic mass is 32.1. The van der Waals surface area contributed by atoms with Crippen LogP contribution in [0.5, 0.6) is 0 Å². The minimum absolute atomic E-state index is 0.0592. The molecule has 0 aliphatic carbocycles. The molecular formula is C28H23NS2. The van der Waals surface area contributed by atoms with E-state index in [4.69, 9.17) is 4.98 Å². The van der Waals surface area contributed by atoms with E-state index in [1.807, 2.05) is 28.9 Å². The molecule has 3 aromatic heterocycles. The minimum Gasteiger partial charge on any atom is -0.255 e. The number of aromatic nitrogens is 1. The lowest BCUT2D eigenvalue weighted by Gasteiger charge is -2.22. The van der Waals surface area contributed by atoms with Gasteiger partial charge in [-0.3, -0.25) is 4.98 Å². The van der Waals surface area contributed by atoms with Crippen molar-refractivity contribution in [2.45, 2.75) is 33.1 Å². The highest BCUT2D eigenvalue weighted by molar-refractivity contribution is 7.26. The third-order valence-corrected chi connectivity index (χ3v) is 8.46. The molecule has 6 rings (SSSR count). The molecule has 0 aliphatic rings. The molecule has 0 saturated carbocycles. The summed E-state index contributed by atoms with van der Waals surface area (Å²) in [5.74, 6) is 0. The molecule has 0 radical (unpaired) electrons. The topological polar surface area (TPSA) is 12.9 Å². The van der Waals surface area contributed by atoms with E-state index >= 15 is 0 Å². The Morgan fingerprint density at radius 1 is 0.839 bits per heavy atom. The van der Waals surface area contributed by atoms with Crippen molar-refractivity contribution in [3.05, 3.63) is 77.3 Å². The van der Waals surface area contributed by atoms with Gasteiger partial charge >= 0.3 is 0 Å². The lowest BCUT2D eigenvalue weighted by atomic mass is 9.82. The van der Waals surface area contributed by atoms with E-state index in [2.05, 4.69) is 87.7 Å². The Morgan fingerprint density at radius 2 is 1.65 bits per heavy atom. The molecule has 0 saturated heterocycles. The second kappa shape index (κ2) is 6.62. The first-order chi connectivity index (χ1) is 14.9. The van der Waals surface area contributed by atoms with Gasteiger partial charge in [0.2, 0.25) is 0 Å². The number of fused-ring (bicyclic) bond motifs is 6. The molecule has 0 aliphatic heterocycles. The number of hydrogen-bond acceptors (Lipinski definition) is 3. The van der Waals surface area contributed by atoms with Gasteiger partial charge in [0.15, 0.2) is 0 Å². The Labute approximate surface area is 190 Å². The Balaban J connectivity index is 1.72. The van der Waals surface area contributed by atoms with Gasteiger partial charge in [-0.05, 0) is 69.9 Å². The average molecular weight is 438 g/mol. The Bertz CT molecular complexity index is 1630. The van der Waals surface area contributed by atoms with Gasteiger partial charge in [0.25, 0.3) is 0 Å². The van der Waals surface area contributed by atoms with Crippen LogP contribution in [0.2, 0.25) is 0 Å². The smallest absolute Gasteiger partial charge is 0.0880 e. The second-order valence-corrected chi connectivity index (χ2v) is 11.3. The van der Waals surface area contributed by atoms with E-state index in [1.54, 1.807) is 0 Å². The third kappa shape index (κ3) is 2.84. The van der Waals surface area contributed by atoms with Crippen LogP contribution in [0.4, 0.5) is 0 Å². The van der Waals surface area contributed by atoms with Crippen molar-refractivity contribution in [1.29, 1.82) is 0 Å². The largest absolute Gasteiger partial charge is 0.255 e. The summed E-state index contributed by atoms with van der Waals surface area (Å²) in [6.07, 6.45) is 1.98. The maximum absolute atomic E-state index is 4.91. The first-order valence-corrected chi connectivity index (χ1v) is 12.3. The van der Waals surface area contributed by atoms with Crippen molar-refractivity contribution >= 4 is 63.7 Å². The first kappa shape index (κ1) is 19.0. The fourth-order valence-electron chi connectivity index (χ4n) is 4.75. The second-order valence-electron chi connectivity index (χ2n) is 9.36. The van der Waals surface area contributed by atoms with Crippen molar-refractivity contribution in [1.82, 2.24) is 4.98 Å². The predicted octanol–water partition coefficient (Wildman–Crippen LogP) is 9.09. The number of nitrogens with zero attached hydrogens (tertiary/aromatic N) is 1. The number of benzene rings is 3. The predicted molar refractivity (Wildman–Crippen MR) is 139 cm³/mol. The molecule has 3 heteroatoms. The van der Waals surface area contributed by atoms with Gasteiger partial charge in [0.1, 0.15) is 0 Å². The van der Waals surface area contributed by atoms with Crippen molar-refractivity contribution in [2.75, 3.05) is 0 Å². The number of aryl methyl sites for hydroxylation is 1. The molecule has 0 atom stereocenters. The van der Waals surface area contributed by atoms with Crippen LogP contribution in [0.3, 0.4) is 0 Å². The van der Waals surface area contributed by atoms with Crippen LogP contribution < -0.4 is 0 Å². The van der Waals surface area contributed by atoms with Gasteiger partial charge in [-0.15, -0.1) is 22.7 Å². The third-order valence-electron chi connectivity index (χ3n) is 6.22. The summed E-state index contributed by atoms with van der Waals surface area (Å²) in [5.41, 5.74) is 5.10. The summed E-state index contributed by atoms with van der Waals surface area (Å²) in [4.78, 5) is 4.91. The molecule has 0 spiro atoms. The lowest BCUT2D eigenvalue weighted by Crippen LogP contribution is -2.12. The van der Waals surface area contributed by atoms with Crippen LogP contribution in [0.25, 0.3) is 52.3 Å². The molecule has 3 heterocycles. The molecule has 0 fully saturated rings. The maximum Gasteiger partial charge on any atom is 0.0880 e.